The SMILES string of the molecule is CC(C)Oc1cc(Nc2ccc(Br)cc2F)ccc1N. The third kappa shape index (κ3) is 3.63. The van der Waals surface area contributed by atoms with Crippen molar-refractivity contribution in [2.45, 2.75) is 20.0 Å². The van der Waals surface area contributed by atoms with E-state index in [-0.39, 0.29) is 11.9 Å². The van der Waals surface area contributed by atoms with Crippen LogP contribution in [0.2, 0.25) is 0 Å². The Balaban J connectivity index is 2.25. The van der Waals surface area contributed by atoms with Crippen LogP contribution in [-0.2, 0) is 0 Å². The number of nitrogens with two attached hydrogens (primary N) is 1. The highest BCUT2D eigenvalue weighted by molar-refractivity contribution is 9.10. The molecule has 0 aliphatic heterocycles. The van der Waals surface area contributed by atoms with Crippen molar-refractivity contribution < 1.29 is 9.13 Å². The molecule has 0 saturated heterocycles. The largest absolute Gasteiger partial charge is 0.489 e. The molecule has 0 fully saturated rings. The lowest BCUT2D eigenvalue weighted by Gasteiger charge is -2.14. The predicted molar refractivity (Wildman–Crippen MR) is 84.0 cm³/mol. The highest BCUT2D eigenvalue weighted by Crippen LogP contribution is 2.29. The normalized spacial score (nSPS) is 10.7. The van der Waals surface area contributed by atoms with Crippen LogP contribution < -0.4 is 15.8 Å². The molecule has 0 bridgehead atoms. The summed E-state index contributed by atoms with van der Waals surface area (Å²) in [7, 11) is 0. The highest BCUT2D eigenvalue weighted by atomic mass is 79.9. The van der Waals surface area contributed by atoms with Crippen LogP contribution in [0.3, 0.4) is 0 Å². The molecule has 0 radical (unpaired) electrons. The number of halogens is 2. The number of ether oxygens (including phenoxy) is 1. The number of anilines is 3. The van der Waals surface area contributed by atoms with Gasteiger partial charge in [0.25, 0.3) is 0 Å². The van der Waals surface area contributed by atoms with Crippen LogP contribution in [-0.4, -0.2) is 6.10 Å². The summed E-state index contributed by atoms with van der Waals surface area (Å²) < 4.78 is 20.1. The number of rotatable bonds is 4. The molecule has 20 heavy (non-hydrogen) atoms. The summed E-state index contributed by atoms with van der Waals surface area (Å²) in [5.41, 5.74) is 7.52. The molecule has 0 saturated carbocycles. The first-order valence-corrected chi connectivity index (χ1v) is 7.03. The number of benzene rings is 2. The van der Waals surface area contributed by atoms with Crippen LogP contribution in [0, 0.1) is 5.82 Å². The first-order valence-electron chi connectivity index (χ1n) is 6.24. The van der Waals surface area contributed by atoms with Gasteiger partial charge in [-0.1, -0.05) is 15.9 Å². The number of hydrogen-bond donors (Lipinski definition) is 2. The third-order valence-electron chi connectivity index (χ3n) is 2.59. The Morgan fingerprint density at radius 1 is 1.20 bits per heavy atom. The predicted octanol–water partition coefficient (Wildman–Crippen LogP) is 4.70. The third-order valence-corrected chi connectivity index (χ3v) is 3.08. The van der Waals surface area contributed by atoms with Gasteiger partial charge in [-0.2, -0.15) is 0 Å². The van der Waals surface area contributed by atoms with Gasteiger partial charge in [0.2, 0.25) is 0 Å². The van der Waals surface area contributed by atoms with Gasteiger partial charge in [-0.3, -0.25) is 0 Å². The van der Waals surface area contributed by atoms with Crippen molar-refractivity contribution in [1.29, 1.82) is 0 Å². The van der Waals surface area contributed by atoms with Crippen molar-refractivity contribution in [1.82, 2.24) is 0 Å². The number of hydrogen-bond acceptors (Lipinski definition) is 3. The van der Waals surface area contributed by atoms with E-state index in [9.17, 15) is 4.39 Å². The standard InChI is InChI=1S/C15H16BrFN2O/c1-9(2)20-15-8-11(4-5-13(15)18)19-14-6-3-10(16)7-12(14)17/h3-9,19H,18H2,1-2H3. The molecule has 2 aromatic carbocycles. The average molecular weight is 339 g/mol. The van der Waals surface area contributed by atoms with Gasteiger partial charge in [0.15, 0.2) is 0 Å². The molecule has 0 unspecified atom stereocenters. The molecule has 0 spiro atoms. The van der Waals surface area contributed by atoms with Crippen molar-refractivity contribution in [2.75, 3.05) is 11.1 Å². The number of nitrogen functional groups attached to an aromatic ring is 1. The maximum absolute atomic E-state index is 13.8. The maximum Gasteiger partial charge on any atom is 0.147 e. The summed E-state index contributed by atoms with van der Waals surface area (Å²) in [6.07, 6.45) is 0.0250. The molecular formula is C15H16BrFN2O. The molecule has 0 aliphatic carbocycles. The molecule has 0 aromatic heterocycles. The lowest BCUT2D eigenvalue weighted by atomic mass is 10.2. The van der Waals surface area contributed by atoms with Gasteiger partial charge in [0.05, 0.1) is 17.5 Å². The van der Waals surface area contributed by atoms with Crippen molar-refractivity contribution in [2.24, 2.45) is 0 Å². The smallest absolute Gasteiger partial charge is 0.147 e. The first-order chi connectivity index (χ1) is 9.45. The quantitative estimate of drug-likeness (QED) is 0.794. The minimum absolute atomic E-state index is 0.0250. The summed E-state index contributed by atoms with van der Waals surface area (Å²) in [4.78, 5) is 0. The molecule has 3 N–H and O–H groups in total. The van der Waals surface area contributed by atoms with Gasteiger partial charge in [0, 0.05) is 16.2 Å². The minimum Gasteiger partial charge on any atom is -0.489 e. The van der Waals surface area contributed by atoms with E-state index in [4.69, 9.17) is 10.5 Å². The Morgan fingerprint density at radius 2 is 1.95 bits per heavy atom. The lowest BCUT2D eigenvalue weighted by Crippen LogP contribution is -2.07. The fourth-order valence-electron chi connectivity index (χ4n) is 1.71. The summed E-state index contributed by atoms with van der Waals surface area (Å²) >= 11 is 3.23. The Hall–Kier alpha value is -1.75. The first kappa shape index (κ1) is 14.7. The van der Waals surface area contributed by atoms with Crippen molar-refractivity contribution in [3.05, 3.63) is 46.7 Å². The second kappa shape index (κ2) is 6.13. The highest BCUT2D eigenvalue weighted by Gasteiger charge is 2.07. The fraction of sp³-hybridized carbons (Fsp3) is 0.200. The molecule has 5 heteroatoms. The number of nitrogens with one attached hydrogen (secondary N) is 1. The van der Waals surface area contributed by atoms with Gasteiger partial charge in [-0.25, -0.2) is 4.39 Å². The molecule has 0 atom stereocenters. The Bertz CT molecular complexity index is 617. The monoisotopic (exact) mass is 338 g/mol. The summed E-state index contributed by atoms with van der Waals surface area (Å²) in [5, 5.41) is 3.01. The Morgan fingerprint density at radius 3 is 2.60 bits per heavy atom. The van der Waals surface area contributed by atoms with Gasteiger partial charge in [-0.15, -0.1) is 0 Å². The summed E-state index contributed by atoms with van der Waals surface area (Å²) in [6, 6.07) is 10.1. The molecule has 0 amide bonds. The van der Waals surface area contributed by atoms with E-state index in [1.165, 1.54) is 6.07 Å². The zero-order valence-corrected chi connectivity index (χ0v) is 12.9. The molecule has 2 aromatic rings. The molecule has 3 nitrogen and oxygen atoms in total. The van der Waals surface area contributed by atoms with E-state index < -0.39 is 0 Å². The van der Waals surface area contributed by atoms with Crippen LogP contribution in [0.1, 0.15) is 13.8 Å². The fourth-order valence-corrected chi connectivity index (χ4v) is 2.05. The lowest BCUT2D eigenvalue weighted by molar-refractivity contribution is 0.244. The van der Waals surface area contributed by atoms with E-state index in [1.807, 2.05) is 13.8 Å². The zero-order chi connectivity index (χ0) is 14.7. The summed E-state index contributed by atoms with van der Waals surface area (Å²) in [6.45, 7) is 3.85. The average Bonchev–Trinajstić information content (AvgIpc) is 2.36. The Kier molecular flexibility index (Phi) is 4.49. The second-order valence-corrected chi connectivity index (χ2v) is 5.58. The molecule has 0 aliphatic rings. The second-order valence-electron chi connectivity index (χ2n) is 4.67. The molecule has 106 valence electrons. The van der Waals surface area contributed by atoms with Gasteiger partial charge < -0.3 is 15.8 Å². The van der Waals surface area contributed by atoms with Crippen LogP contribution in [0.4, 0.5) is 21.5 Å². The zero-order valence-electron chi connectivity index (χ0n) is 11.3. The summed E-state index contributed by atoms with van der Waals surface area (Å²) in [5.74, 6) is 0.255. The van der Waals surface area contributed by atoms with Crippen molar-refractivity contribution in [3.8, 4) is 5.75 Å². The van der Waals surface area contributed by atoms with E-state index >= 15 is 0 Å². The molecular weight excluding hydrogens is 323 g/mol. The van der Waals surface area contributed by atoms with Crippen molar-refractivity contribution >= 4 is 33.0 Å². The van der Waals surface area contributed by atoms with Gasteiger partial charge >= 0.3 is 0 Å². The van der Waals surface area contributed by atoms with E-state index in [0.717, 1.165) is 5.69 Å². The molecule has 2 rings (SSSR count). The van der Waals surface area contributed by atoms with Crippen LogP contribution >= 0.6 is 15.9 Å². The van der Waals surface area contributed by atoms with Gasteiger partial charge in [-0.05, 0) is 44.2 Å². The van der Waals surface area contributed by atoms with Crippen LogP contribution in [0.5, 0.6) is 5.75 Å². The maximum atomic E-state index is 13.8. The Labute approximate surface area is 126 Å². The van der Waals surface area contributed by atoms with Gasteiger partial charge in [0.1, 0.15) is 11.6 Å². The van der Waals surface area contributed by atoms with Crippen LogP contribution in [0.15, 0.2) is 40.9 Å². The van der Waals surface area contributed by atoms with E-state index in [2.05, 4.69) is 21.2 Å². The van der Waals surface area contributed by atoms with Crippen molar-refractivity contribution in [3.63, 3.8) is 0 Å². The van der Waals surface area contributed by atoms with Crippen LogP contribution in [0.25, 0.3) is 0 Å². The van der Waals surface area contributed by atoms with E-state index in [0.29, 0.717) is 21.6 Å². The van der Waals surface area contributed by atoms with E-state index in [1.54, 1.807) is 30.3 Å². The minimum atomic E-state index is -0.331. The topological polar surface area (TPSA) is 47.3 Å². The molecule has 0 heterocycles.